The van der Waals surface area contributed by atoms with E-state index < -0.39 is 0 Å². The molecule has 0 unspecified atom stereocenters. The minimum Gasteiger partial charge on any atom is -0.341 e. The lowest BCUT2D eigenvalue weighted by molar-refractivity contribution is 0.254. The summed E-state index contributed by atoms with van der Waals surface area (Å²) in [7, 11) is 1.60. The van der Waals surface area contributed by atoms with Crippen LogP contribution in [0.4, 0.5) is 10.5 Å². The van der Waals surface area contributed by atoms with Crippen molar-refractivity contribution < 1.29 is 4.79 Å². The van der Waals surface area contributed by atoms with E-state index in [4.69, 9.17) is 0 Å². The van der Waals surface area contributed by atoms with E-state index >= 15 is 0 Å². The Kier molecular flexibility index (Phi) is 4.91. The Hall–Kier alpha value is -1.94. The molecule has 0 bridgehead atoms. The molecule has 110 valence electrons. The number of amides is 2. The van der Waals surface area contributed by atoms with Gasteiger partial charge in [-0.2, -0.15) is 0 Å². The summed E-state index contributed by atoms with van der Waals surface area (Å²) >= 11 is 1.75. The number of carbonyl (C=O) groups excluding carboxylic acids is 1. The van der Waals surface area contributed by atoms with Gasteiger partial charge < -0.3 is 10.6 Å². The number of anilines is 1. The largest absolute Gasteiger partial charge is 0.341 e. The number of benzene rings is 2. The second-order valence-corrected chi connectivity index (χ2v) is 6.14. The Balaban J connectivity index is 2.16. The van der Waals surface area contributed by atoms with Gasteiger partial charge in [-0.3, -0.25) is 0 Å². The van der Waals surface area contributed by atoms with E-state index in [1.54, 1.807) is 18.8 Å². The van der Waals surface area contributed by atoms with E-state index in [9.17, 15) is 4.79 Å². The zero-order chi connectivity index (χ0) is 15.4. The van der Waals surface area contributed by atoms with Crippen molar-refractivity contribution in [3.63, 3.8) is 0 Å². The molecule has 3 nitrogen and oxygen atoms in total. The number of nitrogens with one attached hydrogen (secondary N) is 2. The first-order valence-electron chi connectivity index (χ1n) is 6.84. The van der Waals surface area contributed by atoms with Crippen LogP contribution in [0, 0.1) is 20.8 Å². The summed E-state index contributed by atoms with van der Waals surface area (Å²) in [6.07, 6.45) is 0. The normalized spacial score (nSPS) is 10.3. The molecule has 2 rings (SSSR count). The lowest BCUT2D eigenvalue weighted by atomic mass is 10.1. The molecule has 0 spiro atoms. The molecule has 0 saturated carbocycles. The predicted molar refractivity (Wildman–Crippen MR) is 89.3 cm³/mol. The molecule has 0 aliphatic heterocycles. The van der Waals surface area contributed by atoms with E-state index in [-0.39, 0.29) is 6.03 Å². The van der Waals surface area contributed by atoms with Gasteiger partial charge in [0.15, 0.2) is 0 Å². The molecule has 0 aromatic heterocycles. The molecule has 21 heavy (non-hydrogen) atoms. The van der Waals surface area contributed by atoms with Gasteiger partial charge in [0.2, 0.25) is 0 Å². The maximum Gasteiger partial charge on any atom is 0.318 e. The highest BCUT2D eigenvalue weighted by molar-refractivity contribution is 7.99. The van der Waals surface area contributed by atoms with Crippen LogP contribution in [0.2, 0.25) is 0 Å². The zero-order valence-corrected chi connectivity index (χ0v) is 13.6. The van der Waals surface area contributed by atoms with Gasteiger partial charge in [0.25, 0.3) is 0 Å². The van der Waals surface area contributed by atoms with Crippen LogP contribution in [0.15, 0.2) is 46.2 Å². The quantitative estimate of drug-likeness (QED) is 0.875. The lowest BCUT2D eigenvalue weighted by Crippen LogP contribution is -2.24. The van der Waals surface area contributed by atoms with Crippen LogP contribution in [-0.4, -0.2) is 13.1 Å². The van der Waals surface area contributed by atoms with Gasteiger partial charge in [-0.25, -0.2) is 4.79 Å². The van der Waals surface area contributed by atoms with Crippen molar-refractivity contribution >= 4 is 23.5 Å². The first-order valence-corrected chi connectivity index (χ1v) is 7.65. The summed E-state index contributed by atoms with van der Waals surface area (Å²) < 4.78 is 0. The van der Waals surface area contributed by atoms with E-state index in [0.29, 0.717) is 0 Å². The average Bonchev–Trinajstić information content (AvgIpc) is 2.44. The highest BCUT2D eigenvalue weighted by Crippen LogP contribution is 2.34. The minimum absolute atomic E-state index is 0.208. The van der Waals surface area contributed by atoms with Crippen molar-refractivity contribution in [3.8, 4) is 0 Å². The maximum absolute atomic E-state index is 11.3. The smallest absolute Gasteiger partial charge is 0.318 e. The predicted octanol–water partition coefficient (Wildman–Crippen LogP) is 4.51. The van der Waals surface area contributed by atoms with Crippen LogP contribution in [0.25, 0.3) is 0 Å². The number of carbonyl (C=O) groups is 1. The van der Waals surface area contributed by atoms with E-state index in [2.05, 4.69) is 43.5 Å². The summed E-state index contributed by atoms with van der Waals surface area (Å²) in [5, 5.41) is 5.29. The molecule has 0 saturated heterocycles. The van der Waals surface area contributed by atoms with Gasteiger partial charge in [-0.05, 0) is 56.2 Å². The SMILES string of the molecule is CNC(=O)Nc1ccc(Sc2c(C)cc(C)cc2C)cc1. The molecule has 0 radical (unpaired) electrons. The number of urea groups is 1. The molecule has 2 amide bonds. The van der Waals surface area contributed by atoms with Crippen LogP contribution in [0.3, 0.4) is 0 Å². The van der Waals surface area contributed by atoms with Gasteiger partial charge in [0.05, 0.1) is 0 Å². The fourth-order valence-electron chi connectivity index (χ4n) is 2.25. The molecule has 0 fully saturated rings. The molecule has 2 N–H and O–H groups in total. The van der Waals surface area contributed by atoms with Crippen LogP contribution < -0.4 is 10.6 Å². The van der Waals surface area contributed by atoms with Gasteiger partial charge in [-0.1, -0.05) is 29.5 Å². The summed E-state index contributed by atoms with van der Waals surface area (Å²) in [5.41, 5.74) is 4.67. The van der Waals surface area contributed by atoms with Crippen LogP contribution in [0.5, 0.6) is 0 Å². The molecule has 0 atom stereocenters. The Labute approximate surface area is 130 Å². The average molecular weight is 300 g/mol. The lowest BCUT2D eigenvalue weighted by Gasteiger charge is -2.11. The van der Waals surface area contributed by atoms with Crippen molar-refractivity contribution in [2.24, 2.45) is 0 Å². The molecule has 0 aliphatic rings. The fraction of sp³-hybridized carbons (Fsp3) is 0.235. The van der Waals surface area contributed by atoms with Crippen molar-refractivity contribution in [1.29, 1.82) is 0 Å². The zero-order valence-electron chi connectivity index (χ0n) is 12.8. The maximum atomic E-state index is 11.3. The first kappa shape index (κ1) is 15.4. The fourth-order valence-corrected chi connectivity index (χ4v) is 3.19. The molecule has 0 aliphatic carbocycles. The van der Waals surface area contributed by atoms with E-state index in [0.717, 1.165) is 10.6 Å². The topological polar surface area (TPSA) is 41.1 Å². The summed E-state index contributed by atoms with van der Waals surface area (Å²) in [5.74, 6) is 0. The highest BCUT2D eigenvalue weighted by Gasteiger charge is 2.06. The van der Waals surface area contributed by atoms with Gasteiger partial charge in [-0.15, -0.1) is 0 Å². The Morgan fingerprint density at radius 2 is 1.57 bits per heavy atom. The number of hydrogen-bond donors (Lipinski definition) is 2. The standard InChI is InChI=1S/C17H20N2OS/c1-11-9-12(2)16(13(3)10-11)21-15-7-5-14(6-8-15)19-17(20)18-4/h5-10H,1-4H3,(H2,18,19,20). The molecule has 2 aromatic rings. The summed E-state index contributed by atoms with van der Waals surface area (Å²) in [4.78, 5) is 13.7. The number of aryl methyl sites for hydroxylation is 3. The highest BCUT2D eigenvalue weighted by atomic mass is 32.2. The molecule has 2 aromatic carbocycles. The van der Waals surface area contributed by atoms with Crippen molar-refractivity contribution in [2.45, 2.75) is 30.6 Å². The monoisotopic (exact) mass is 300 g/mol. The van der Waals surface area contributed by atoms with Crippen LogP contribution in [-0.2, 0) is 0 Å². The third-order valence-electron chi connectivity index (χ3n) is 3.16. The molecular formula is C17H20N2OS. The van der Waals surface area contributed by atoms with Crippen LogP contribution >= 0.6 is 11.8 Å². The first-order chi connectivity index (χ1) is 9.99. The van der Waals surface area contributed by atoms with E-state index in [1.807, 2.05) is 24.3 Å². The Morgan fingerprint density at radius 3 is 2.10 bits per heavy atom. The van der Waals surface area contributed by atoms with Crippen molar-refractivity contribution in [1.82, 2.24) is 5.32 Å². The minimum atomic E-state index is -0.208. The Bertz CT molecular complexity index is 627. The molecule has 4 heteroatoms. The van der Waals surface area contributed by atoms with Gasteiger partial charge in [0, 0.05) is 22.5 Å². The number of hydrogen-bond acceptors (Lipinski definition) is 2. The van der Waals surface area contributed by atoms with Gasteiger partial charge >= 0.3 is 6.03 Å². The van der Waals surface area contributed by atoms with Gasteiger partial charge in [0.1, 0.15) is 0 Å². The summed E-state index contributed by atoms with van der Waals surface area (Å²) in [6.45, 7) is 6.40. The van der Waals surface area contributed by atoms with Crippen molar-refractivity contribution in [3.05, 3.63) is 53.1 Å². The number of rotatable bonds is 3. The summed E-state index contributed by atoms with van der Waals surface area (Å²) in [6, 6.07) is 12.1. The second kappa shape index (κ2) is 6.68. The third-order valence-corrected chi connectivity index (χ3v) is 4.52. The van der Waals surface area contributed by atoms with Crippen molar-refractivity contribution in [2.75, 3.05) is 12.4 Å². The second-order valence-electron chi connectivity index (χ2n) is 5.06. The molecular weight excluding hydrogens is 280 g/mol. The van der Waals surface area contributed by atoms with Crippen LogP contribution in [0.1, 0.15) is 16.7 Å². The molecule has 0 heterocycles. The third kappa shape index (κ3) is 4.02. The van der Waals surface area contributed by atoms with E-state index in [1.165, 1.54) is 21.6 Å². The Morgan fingerprint density at radius 1 is 1.00 bits per heavy atom.